The van der Waals surface area contributed by atoms with Gasteiger partial charge in [0.15, 0.2) is 6.61 Å². The number of carbonyl (C=O) groups is 4. The SMILES string of the molecule is COC(=O)c1ccc(CN2C(=O)S/C(=C/c3ccc(OCC(=O)Nc4ccccc4)cc3)C2=O)o1. The van der Waals surface area contributed by atoms with Crippen molar-refractivity contribution in [3.63, 3.8) is 0 Å². The van der Waals surface area contributed by atoms with Crippen LogP contribution in [0, 0.1) is 0 Å². The summed E-state index contributed by atoms with van der Waals surface area (Å²) in [6, 6.07) is 18.8. The van der Waals surface area contributed by atoms with Gasteiger partial charge in [0.25, 0.3) is 17.1 Å². The maximum absolute atomic E-state index is 12.7. The fourth-order valence-electron chi connectivity index (χ4n) is 3.14. The Hall–Kier alpha value is -4.31. The van der Waals surface area contributed by atoms with Crippen molar-refractivity contribution in [2.45, 2.75) is 6.54 Å². The maximum Gasteiger partial charge on any atom is 0.373 e. The van der Waals surface area contributed by atoms with Gasteiger partial charge in [-0.3, -0.25) is 19.3 Å². The summed E-state index contributed by atoms with van der Waals surface area (Å²) in [6.07, 6.45) is 1.60. The van der Waals surface area contributed by atoms with Crippen molar-refractivity contribution in [1.82, 2.24) is 4.90 Å². The zero-order valence-corrected chi connectivity index (χ0v) is 19.4. The van der Waals surface area contributed by atoms with Gasteiger partial charge in [-0.25, -0.2) is 4.79 Å². The van der Waals surface area contributed by atoms with Crippen LogP contribution in [0.25, 0.3) is 6.08 Å². The number of thioether (sulfide) groups is 1. The minimum Gasteiger partial charge on any atom is -0.484 e. The van der Waals surface area contributed by atoms with E-state index < -0.39 is 17.1 Å². The molecule has 0 spiro atoms. The number of carbonyl (C=O) groups excluding carboxylic acids is 4. The molecule has 0 radical (unpaired) electrons. The first-order chi connectivity index (χ1) is 16.9. The zero-order valence-electron chi connectivity index (χ0n) is 18.6. The van der Waals surface area contributed by atoms with E-state index in [9.17, 15) is 19.2 Å². The Morgan fingerprint density at radius 2 is 1.77 bits per heavy atom. The fraction of sp³-hybridized carbons (Fsp3) is 0.120. The topological polar surface area (TPSA) is 115 Å². The minimum absolute atomic E-state index is 0.00938. The number of hydrogen-bond donors (Lipinski definition) is 1. The van der Waals surface area contributed by atoms with E-state index in [2.05, 4.69) is 10.1 Å². The number of furan rings is 1. The highest BCUT2D eigenvalue weighted by Crippen LogP contribution is 2.33. The Bertz CT molecular complexity index is 1280. The largest absolute Gasteiger partial charge is 0.484 e. The predicted molar refractivity (Wildman–Crippen MR) is 129 cm³/mol. The highest BCUT2D eigenvalue weighted by Gasteiger charge is 2.35. The Labute approximate surface area is 204 Å². The molecule has 0 bridgehead atoms. The van der Waals surface area contributed by atoms with Crippen molar-refractivity contribution in [3.05, 3.63) is 88.7 Å². The van der Waals surface area contributed by atoms with Crippen LogP contribution in [0.1, 0.15) is 21.9 Å². The van der Waals surface area contributed by atoms with Gasteiger partial charge in [-0.1, -0.05) is 30.3 Å². The average molecular weight is 493 g/mol. The molecule has 0 unspecified atom stereocenters. The summed E-state index contributed by atoms with van der Waals surface area (Å²) < 4.78 is 15.4. The number of imide groups is 1. The van der Waals surface area contributed by atoms with Gasteiger partial charge in [0.2, 0.25) is 5.76 Å². The Morgan fingerprint density at radius 1 is 1.03 bits per heavy atom. The number of anilines is 1. The first-order valence-corrected chi connectivity index (χ1v) is 11.2. The van der Waals surface area contributed by atoms with Crippen LogP contribution in [0.5, 0.6) is 5.75 Å². The molecule has 0 aliphatic carbocycles. The molecule has 3 aromatic rings. The van der Waals surface area contributed by atoms with Crippen LogP contribution in [-0.2, 0) is 20.9 Å². The fourth-order valence-corrected chi connectivity index (χ4v) is 3.98. The van der Waals surface area contributed by atoms with E-state index in [1.807, 2.05) is 18.2 Å². The van der Waals surface area contributed by atoms with Gasteiger partial charge in [0.05, 0.1) is 18.6 Å². The van der Waals surface area contributed by atoms with Crippen LogP contribution < -0.4 is 10.1 Å². The van der Waals surface area contributed by atoms with Crippen molar-refractivity contribution in [2.75, 3.05) is 19.0 Å². The van der Waals surface area contributed by atoms with E-state index in [0.29, 0.717) is 17.0 Å². The molecule has 4 rings (SSSR count). The highest BCUT2D eigenvalue weighted by atomic mass is 32.2. The molecule has 2 aromatic carbocycles. The second kappa shape index (κ2) is 10.7. The molecule has 10 heteroatoms. The molecule has 1 aliphatic rings. The first-order valence-electron chi connectivity index (χ1n) is 10.4. The van der Waals surface area contributed by atoms with Crippen LogP contribution in [0.4, 0.5) is 10.5 Å². The number of amides is 3. The van der Waals surface area contributed by atoms with E-state index >= 15 is 0 Å². The first kappa shape index (κ1) is 23.8. The number of hydrogen-bond acceptors (Lipinski definition) is 8. The van der Waals surface area contributed by atoms with E-state index in [1.54, 1.807) is 42.5 Å². The van der Waals surface area contributed by atoms with Crippen LogP contribution >= 0.6 is 11.8 Å². The second-order valence-electron chi connectivity index (χ2n) is 7.30. The standard InChI is InChI=1S/C25H20N2O7S/c1-32-24(30)20-12-11-19(34-20)14-27-23(29)21(35-25(27)31)13-16-7-9-18(10-8-16)33-15-22(28)26-17-5-3-2-4-6-17/h2-13H,14-15H2,1H3,(H,26,28)/b21-13+. The summed E-state index contributed by atoms with van der Waals surface area (Å²) in [5.74, 6) is -0.637. The molecule has 35 heavy (non-hydrogen) atoms. The predicted octanol–water partition coefficient (Wildman–Crippen LogP) is 4.32. The lowest BCUT2D eigenvalue weighted by Gasteiger charge is -2.10. The quantitative estimate of drug-likeness (QED) is 0.365. The maximum atomic E-state index is 12.7. The highest BCUT2D eigenvalue weighted by molar-refractivity contribution is 8.18. The van der Waals surface area contributed by atoms with Gasteiger partial charge in [-0.2, -0.15) is 0 Å². The number of nitrogens with zero attached hydrogens (tertiary/aromatic N) is 1. The lowest BCUT2D eigenvalue weighted by atomic mass is 10.2. The van der Waals surface area contributed by atoms with Crippen molar-refractivity contribution in [1.29, 1.82) is 0 Å². The lowest BCUT2D eigenvalue weighted by molar-refractivity contribution is -0.123. The molecular weight excluding hydrogens is 472 g/mol. The summed E-state index contributed by atoms with van der Waals surface area (Å²) in [4.78, 5) is 49.9. The van der Waals surface area contributed by atoms with E-state index in [1.165, 1.54) is 19.2 Å². The summed E-state index contributed by atoms with van der Waals surface area (Å²) in [5.41, 5.74) is 1.36. The number of nitrogens with one attached hydrogen (secondary N) is 1. The minimum atomic E-state index is -0.644. The third kappa shape index (κ3) is 5.98. The number of methoxy groups -OCH3 is 1. The van der Waals surface area contributed by atoms with Crippen LogP contribution in [0.15, 0.2) is 76.1 Å². The summed E-state index contributed by atoms with van der Waals surface area (Å²) in [6.45, 7) is -0.256. The lowest BCUT2D eigenvalue weighted by Crippen LogP contribution is -2.27. The molecule has 1 aromatic heterocycles. The van der Waals surface area contributed by atoms with Gasteiger partial charge >= 0.3 is 5.97 Å². The second-order valence-corrected chi connectivity index (χ2v) is 8.29. The number of esters is 1. The number of ether oxygens (including phenoxy) is 2. The molecule has 1 N–H and O–H groups in total. The molecule has 178 valence electrons. The monoisotopic (exact) mass is 492 g/mol. The average Bonchev–Trinajstić information content (AvgIpc) is 3.44. The van der Waals surface area contributed by atoms with E-state index in [-0.39, 0.29) is 35.5 Å². The Kier molecular flexibility index (Phi) is 7.32. The van der Waals surface area contributed by atoms with Gasteiger partial charge in [0, 0.05) is 5.69 Å². The normalized spacial score (nSPS) is 14.3. The Balaban J connectivity index is 1.34. The van der Waals surface area contributed by atoms with Gasteiger partial charge in [-0.05, 0) is 59.8 Å². The smallest absolute Gasteiger partial charge is 0.373 e. The van der Waals surface area contributed by atoms with Gasteiger partial charge in [-0.15, -0.1) is 0 Å². The molecule has 0 saturated carbocycles. The van der Waals surface area contributed by atoms with Gasteiger partial charge < -0.3 is 19.2 Å². The number of benzene rings is 2. The molecule has 2 heterocycles. The Morgan fingerprint density at radius 3 is 2.49 bits per heavy atom. The third-order valence-electron chi connectivity index (χ3n) is 4.84. The molecule has 1 saturated heterocycles. The molecule has 1 aliphatic heterocycles. The van der Waals surface area contributed by atoms with E-state index in [0.717, 1.165) is 16.7 Å². The van der Waals surface area contributed by atoms with Crippen LogP contribution in [0.3, 0.4) is 0 Å². The number of rotatable bonds is 8. The molecule has 0 atom stereocenters. The molecule has 9 nitrogen and oxygen atoms in total. The third-order valence-corrected chi connectivity index (χ3v) is 5.75. The van der Waals surface area contributed by atoms with E-state index in [4.69, 9.17) is 9.15 Å². The van der Waals surface area contributed by atoms with Crippen LogP contribution in [0.2, 0.25) is 0 Å². The summed E-state index contributed by atoms with van der Waals surface area (Å²) >= 11 is 0.814. The molecular formula is C25H20N2O7S. The van der Waals surface area contributed by atoms with Crippen LogP contribution in [-0.4, -0.2) is 41.6 Å². The van der Waals surface area contributed by atoms with Crippen molar-refractivity contribution < 1.29 is 33.1 Å². The summed E-state index contributed by atoms with van der Waals surface area (Å²) in [7, 11) is 1.23. The van der Waals surface area contributed by atoms with Gasteiger partial charge in [0.1, 0.15) is 11.5 Å². The summed E-state index contributed by atoms with van der Waals surface area (Å²) in [5, 5.41) is 2.29. The number of para-hydroxylation sites is 1. The van der Waals surface area contributed by atoms with Crippen molar-refractivity contribution in [3.8, 4) is 5.75 Å². The van der Waals surface area contributed by atoms with Crippen molar-refractivity contribution in [2.24, 2.45) is 0 Å². The zero-order chi connectivity index (χ0) is 24.8. The molecule has 3 amide bonds. The van der Waals surface area contributed by atoms with Crippen molar-refractivity contribution >= 4 is 46.5 Å². The molecule has 1 fully saturated rings.